The van der Waals surface area contributed by atoms with Crippen LogP contribution in [0.2, 0.25) is 0 Å². The molecule has 1 aliphatic rings. The number of anilines is 1. The van der Waals surface area contributed by atoms with Crippen molar-refractivity contribution in [3.63, 3.8) is 0 Å². The second-order valence-corrected chi connectivity index (χ2v) is 7.38. The number of aromatic nitrogens is 3. The highest BCUT2D eigenvalue weighted by Gasteiger charge is 2.26. The van der Waals surface area contributed by atoms with E-state index in [0.717, 1.165) is 41.7 Å². The van der Waals surface area contributed by atoms with E-state index < -0.39 is 0 Å². The van der Waals surface area contributed by atoms with Crippen LogP contribution < -0.4 is 10.2 Å². The lowest BCUT2D eigenvalue weighted by Crippen LogP contribution is -2.37. The van der Waals surface area contributed by atoms with Gasteiger partial charge in [0.15, 0.2) is 11.5 Å². The first kappa shape index (κ1) is 16.7. The molecule has 6 nitrogen and oxygen atoms in total. The number of rotatable bonds is 3. The van der Waals surface area contributed by atoms with Gasteiger partial charge in [0.1, 0.15) is 0 Å². The Morgan fingerprint density at radius 3 is 2.75 bits per heavy atom. The predicted molar refractivity (Wildman–Crippen MR) is 110 cm³/mol. The van der Waals surface area contributed by atoms with Crippen LogP contribution in [-0.4, -0.2) is 39.4 Å². The van der Waals surface area contributed by atoms with E-state index in [-0.39, 0.29) is 11.9 Å². The summed E-state index contributed by atoms with van der Waals surface area (Å²) < 4.78 is 1.96. The molecule has 6 heteroatoms. The van der Waals surface area contributed by atoms with Crippen molar-refractivity contribution in [3.8, 4) is 0 Å². The maximum Gasteiger partial charge on any atom is 0.251 e. The second-order valence-electron chi connectivity index (χ2n) is 7.38. The fourth-order valence-corrected chi connectivity index (χ4v) is 3.91. The van der Waals surface area contributed by atoms with E-state index in [1.54, 1.807) is 12.4 Å². The van der Waals surface area contributed by atoms with Crippen LogP contribution in [-0.2, 0) is 0 Å². The summed E-state index contributed by atoms with van der Waals surface area (Å²) in [5, 5.41) is 5.42. The summed E-state index contributed by atoms with van der Waals surface area (Å²) in [5.74, 6) is 0.839. The van der Waals surface area contributed by atoms with Gasteiger partial charge in [0, 0.05) is 49.5 Å². The van der Waals surface area contributed by atoms with Gasteiger partial charge in [0.25, 0.3) is 5.91 Å². The van der Waals surface area contributed by atoms with E-state index in [1.165, 1.54) is 5.56 Å². The molecule has 1 saturated heterocycles. The van der Waals surface area contributed by atoms with Crippen LogP contribution in [0.1, 0.15) is 22.3 Å². The SMILES string of the molecule is Cc1ccc2cc(C(=O)N[C@H]3CCN(c4nccn5ccnc45)C3)ccc2c1. The molecule has 28 heavy (non-hydrogen) atoms. The van der Waals surface area contributed by atoms with Crippen molar-refractivity contribution in [2.24, 2.45) is 0 Å². The Balaban J connectivity index is 1.31. The number of hydrogen-bond donors (Lipinski definition) is 1. The Hall–Kier alpha value is -3.41. The Bertz CT molecular complexity index is 1180. The van der Waals surface area contributed by atoms with E-state index in [4.69, 9.17) is 0 Å². The van der Waals surface area contributed by atoms with Gasteiger partial charge in [-0.15, -0.1) is 0 Å². The summed E-state index contributed by atoms with van der Waals surface area (Å²) in [7, 11) is 0. The van der Waals surface area contributed by atoms with Crippen molar-refractivity contribution < 1.29 is 4.79 Å². The molecule has 0 bridgehead atoms. The van der Waals surface area contributed by atoms with Gasteiger partial charge < -0.3 is 14.6 Å². The Morgan fingerprint density at radius 2 is 1.86 bits per heavy atom. The van der Waals surface area contributed by atoms with Crippen LogP contribution in [0.3, 0.4) is 0 Å². The molecule has 0 spiro atoms. The molecule has 0 aliphatic carbocycles. The average Bonchev–Trinajstić information content (AvgIpc) is 3.36. The number of nitrogens with zero attached hydrogens (tertiary/aromatic N) is 4. The Kier molecular flexibility index (Phi) is 3.97. The Labute approximate surface area is 162 Å². The molecule has 1 amide bonds. The Morgan fingerprint density at radius 1 is 1.07 bits per heavy atom. The van der Waals surface area contributed by atoms with Gasteiger partial charge in [0.2, 0.25) is 0 Å². The molecule has 1 aliphatic heterocycles. The van der Waals surface area contributed by atoms with E-state index in [2.05, 4.69) is 45.3 Å². The molecular weight excluding hydrogens is 350 g/mol. The molecule has 2 aromatic heterocycles. The van der Waals surface area contributed by atoms with Gasteiger partial charge in [0.05, 0.1) is 0 Å². The minimum atomic E-state index is -0.0266. The average molecular weight is 371 g/mol. The zero-order valence-electron chi connectivity index (χ0n) is 15.7. The van der Waals surface area contributed by atoms with Crippen molar-refractivity contribution in [3.05, 3.63) is 72.3 Å². The van der Waals surface area contributed by atoms with Crippen molar-refractivity contribution in [1.82, 2.24) is 19.7 Å². The lowest BCUT2D eigenvalue weighted by molar-refractivity contribution is 0.0940. The fraction of sp³-hybridized carbons (Fsp3) is 0.227. The fourth-order valence-electron chi connectivity index (χ4n) is 3.91. The number of aryl methyl sites for hydroxylation is 1. The summed E-state index contributed by atoms with van der Waals surface area (Å²) in [6, 6.07) is 12.2. The molecule has 1 atom stereocenters. The smallest absolute Gasteiger partial charge is 0.251 e. The number of amides is 1. The molecule has 0 unspecified atom stereocenters. The normalized spacial score (nSPS) is 16.8. The number of benzene rings is 2. The molecular formula is C22H21N5O. The number of hydrogen-bond acceptors (Lipinski definition) is 4. The van der Waals surface area contributed by atoms with Crippen LogP contribution in [0.4, 0.5) is 5.82 Å². The number of imidazole rings is 1. The number of carbonyl (C=O) groups is 1. The van der Waals surface area contributed by atoms with Crippen LogP contribution in [0.25, 0.3) is 16.4 Å². The highest BCUT2D eigenvalue weighted by atomic mass is 16.1. The third kappa shape index (κ3) is 2.97. The minimum Gasteiger partial charge on any atom is -0.351 e. The highest BCUT2D eigenvalue weighted by Crippen LogP contribution is 2.22. The van der Waals surface area contributed by atoms with Crippen LogP contribution >= 0.6 is 0 Å². The number of nitrogens with one attached hydrogen (secondary N) is 1. The third-order valence-corrected chi connectivity index (χ3v) is 5.37. The van der Waals surface area contributed by atoms with E-state index in [0.29, 0.717) is 5.56 Å². The van der Waals surface area contributed by atoms with E-state index in [9.17, 15) is 4.79 Å². The van der Waals surface area contributed by atoms with Crippen molar-refractivity contribution in [2.45, 2.75) is 19.4 Å². The lowest BCUT2D eigenvalue weighted by atomic mass is 10.0. The van der Waals surface area contributed by atoms with E-state index >= 15 is 0 Å². The largest absolute Gasteiger partial charge is 0.351 e. The summed E-state index contributed by atoms with van der Waals surface area (Å²) in [6.45, 7) is 3.66. The molecule has 0 saturated carbocycles. The lowest BCUT2D eigenvalue weighted by Gasteiger charge is -2.18. The summed E-state index contributed by atoms with van der Waals surface area (Å²) >= 11 is 0. The second kappa shape index (κ2) is 6.64. The maximum absolute atomic E-state index is 12.8. The van der Waals surface area contributed by atoms with Crippen LogP contribution in [0.5, 0.6) is 0 Å². The molecule has 1 fully saturated rings. The van der Waals surface area contributed by atoms with Crippen LogP contribution in [0.15, 0.2) is 61.2 Å². The van der Waals surface area contributed by atoms with Gasteiger partial charge >= 0.3 is 0 Å². The van der Waals surface area contributed by atoms with Gasteiger partial charge in [-0.25, -0.2) is 9.97 Å². The van der Waals surface area contributed by atoms with Gasteiger partial charge in [-0.1, -0.05) is 29.8 Å². The molecule has 1 N–H and O–H groups in total. The molecule has 4 aromatic rings. The molecule has 0 radical (unpaired) electrons. The minimum absolute atomic E-state index is 0.0266. The summed E-state index contributed by atoms with van der Waals surface area (Å²) in [5.41, 5.74) is 2.76. The van der Waals surface area contributed by atoms with Crippen molar-refractivity contribution in [2.75, 3.05) is 18.0 Å². The molecule has 140 valence electrons. The third-order valence-electron chi connectivity index (χ3n) is 5.37. The van der Waals surface area contributed by atoms with Gasteiger partial charge in [-0.2, -0.15) is 0 Å². The number of fused-ring (bicyclic) bond motifs is 2. The molecule has 5 rings (SSSR count). The van der Waals surface area contributed by atoms with E-state index in [1.807, 2.05) is 35.0 Å². The summed E-state index contributed by atoms with van der Waals surface area (Å²) in [6.07, 6.45) is 8.26. The predicted octanol–water partition coefficient (Wildman–Crippen LogP) is 3.20. The van der Waals surface area contributed by atoms with Gasteiger partial charge in [-0.3, -0.25) is 4.79 Å². The molecule has 3 heterocycles. The first-order chi connectivity index (χ1) is 13.7. The standard InChI is InChI=1S/C22H21N5O/c1-15-2-3-17-13-18(5-4-16(17)12-15)22(28)25-19-6-9-27(14-19)21-20-23-7-10-26(20)11-8-24-21/h2-5,7-8,10-13,19H,6,9,14H2,1H3,(H,25,28)/t19-/m0/s1. The molecule has 2 aromatic carbocycles. The van der Waals surface area contributed by atoms with Crippen LogP contribution in [0, 0.1) is 6.92 Å². The van der Waals surface area contributed by atoms with Crippen molar-refractivity contribution >= 4 is 28.1 Å². The first-order valence-corrected chi connectivity index (χ1v) is 9.51. The summed E-state index contributed by atoms with van der Waals surface area (Å²) in [4.78, 5) is 23.9. The quantitative estimate of drug-likeness (QED) is 0.601. The number of carbonyl (C=O) groups excluding carboxylic acids is 1. The van der Waals surface area contributed by atoms with Crippen molar-refractivity contribution in [1.29, 1.82) is 0 Å². The highest BCUT2D eigenvalue weighted by molar-refractivity contribution is 5.98. The first-order valence-electron chi connectivity index (χ1n) is 9.51. The topological polar surface area (TPSA) is 62.5 Å². The monoisotopic (exact) mass is 371 g/mol. The zero-order chi connectivity index (χ0) is 19.1. The zero-order valence-corrected chi connectivity index (χ0v) is 15.7. The maximum atomic E-state index is 12.8. The van der Waals surface area contributed by atoms with Gasteiger partial charge in [-0.05, 0) is 36.2 Å².